The third kappa shape index (κ3) is 1.66. The Balaban J connectivity index is 1.89. The average Bonchev–Trinajstić information content (AvgIpc) is 2.35. The molecule has 0 amide bonds. The van der Waals surface area contributed by atoms with E-state index in [-0.39, 0.29) is 0 Å². The van der Waals surface area contributed by atoms with Crippen LogP contribution < -0.4 is 10.1 Å². The van der Waals surface area contributed by atoms with Crippen LogP contribution in [0.4, 0.5) is 5.69 Å². The molecule has 1 aliphatic heterocycles. The van der Waals surface area contributed by atoms with Crippen LogP contribution in [0.2, 0.25) is 0 Å². The third-order valence-electron chi connectivity index (χ3n) is 4.04. The van der Waals surface area contributed by atoms with Crippen LogP contribution in [-0.4, -0.2) is 13.2 Å². The molecule has 0 spiro atoms. The van der Waals surface area contributed by atoms with Crippen molar-refractivity contribution in [1.82, 2.24) is 0 Å². The monoisotopic (exact) mass is 217 g/mol. The van der Waals surface area contributed by atoms with Crippen molar-refractivity contribution in [1.29, 1.82) is 0 Å². The van der Waals surface area contributed by atoms with E-state index in [9.17, 15) is 0 Å². The van der Waals surface area contributed by atoms with Gasteiger partial charge in [-0.25, -0.2) is 0 Å². The summed E-state index contributed by atoms with van der Waals surface area (Å²) in [5, 5.41) is 3.69. The lowest BCUT2D eigenvalue weighted by atomic mass is 9.78. The molecule has 1 saturated carbocycles. The van der Waals surface area contributed by atoms with Crippen LogP contribution in [0.1, 0.15) is 31.2 Å². The summed E-state index contributed by atoms with van der Waals surface area (Å²) < 4.78 is 5.29. The number of benzene rings is 1. The number of hydrogen-bond donors (Lipinski definition) is 1. The average molecular weight is 217 g/mol. The molecule has 2 nitrogen and oxygen atoms in total. The third-order valence-corrected chi connectivity index (χ3v) is 4.04. The Hall–Kier alpha value is -1.18. The maximum absolute atomic E-state index is 5.29. The van der Waals surface area contributed by atoms with Crippen molar-refractivity contribution < 1.29 is 4.74 Å². The zero-order chi connectivity index (χ0) is 11.0. The van der Waals surface area contributed by atoms with E-state index in [1.165, 1.54) is 43.4 Å². The van der Waals surface area contributed by atoms with Gasteiger partial charge < -0.3 is 10.1 Å². The van der Waals surface area contributed by atoms with E-state index in [0.717, 1.165) is 17.7 Å². The number of nitrogens with one attached hydrogen (secondary N) is 1. The van der Waals surface area contributed by atoms with Gasteiger partial charge in [-0.1, -0.05) is 12.8 Å². The van der Waals surface area contributed by atoms with Crippen LogP contribution in [-0.2, 0) is 6.42 Å². The molecule has 1 aromatic rings. The Morgan fingerprint density at radius 1 is 1.25 bits per heavy atom. The van der Waals surface area contributed by atoms with Crippen LogP contribution in [0, 0.1) is 5.92 Å². The first-order valence-electron chi connectivity index (χ1n) is 6.30. The van der Waals surface area contributed by atoms with Crippen LogP contribution in [0.3, 0.4) is 0 Å². The molecule has 0 saturated heterocycles. The molecule has 1 heterocycles. The van der Waals surface area contributed by atoms with Gasteiger partial charge in [0.25, 0.3) is 0 Å². The Morgan fingerprint density at radius 2 is 2.12 bits per heavy atom. The summed E-state index contributed by atoms with van der Waals surface area (Å²) in [6.07, 6.45) is 6.75. The molecule has 2 heteroatoms. The number of ether oxygens (including phenoxy) is 1. The molecule has 1 aromatic carbocycles. The minimum absolute atomic E-state index is 0.717. The maximum Gasteiger partial charge on any atom is 0.119 e. The highest BCUT2D eigenvalue weighted by molar-refractivity contribution is 5.57. The topological polar surface area (TPSA) is 21.3 Å². The first-order chi connectivity index (χ1) is 7.86. The molecule has 2 aliphatic rings. The summed E-state index contributed by atoms with van der Waals surface area (Å²) >= 11 is 0. The normalized spacial score (nSPS) is 27.6. The molecule has 2 unspecified atom stereocenters. The van der Waals surface area contributed by atoms with Gasteiger partial charge in [0.2, 0.25) is 0 Å². The Kier molecular flexibility index (Phi) is 2.50. The number of fused-ring (bicyclic) bond motifs is 2. The van der Waals surface area contributed by atoms with Crippen LogP contribution in [0.5, 0.6) is 5.75 Å². The standard InChI is InChI=1S/C14H19NO/c1-16-12-6-7-14-11(9-12)8-10-4-2-3-5-13(10)15-14/h6-7,9-10,13,15H,2-5,8H2,1H3. The molecule has 16 heavy (non-hydrogen) atoms. The second-order valence-electron chi connectivity index (χ2n) is 5.02. The van der Waals surface area contributed by atoms with Gasteiger partial charge in [0.05, 0.1) is 7.11 Å². The Labute approximate surface area is 97.0 Å². The summed E-state index contributed by atoms with van der Waals surface area (Å²) in [5.74, 6) is 1.82. The second-order valence-corrected chi connectivity index (χ2v) is 5.02. The SMILES string of the molecule is COc1ccc2c(c1)CC1CCCCC1N2. The van der Waals surface area contributed by atoms with Gasteiger partial charge in [0, 0.05) is 11.7 Å². The quantitative estimate of drug-likeness (QED) is 0.780. The minimum atomic E-state index is 0.717. The van der Waals surface area contributed by atoms with Gasteiger partial charge in [-0.05, 0) is 48.9 Å². The highest BCUT2D eigenvalue weighted by Gasteiger charge is 2.30. The van der Waals surface area contributed by atoms with E-state index < -0.39 is 0 Å². The molecule has 2 atom stereocenters. The highest BCUT2D eigenvalue weighted by atomic mass is 16.5. The molecule has 0 bridgehead atoms. The molecular weight excluding hydrogens is 198 g/mol. The Bertz CT molecular complexity index is 388. The van der Waals surface area contributed by atoms with Crippen molar-refractivity contribution in [2.45, 2.75) is 38.1 Å². The first-order valence-corrected chi connectivity index (χ1v) is 6.30. The fourth-order valence-corrected chi connectivity index (χ4v) is 3.13. The molecule has 0 radical (unpaired) electrons. The lowest BCUT2D eigenvalue weighted by Gasteiger charge is -2.38. The van der Waals surface area contributed by atoms with E-state index in [0.29, 0.717) is 0 Å². The number of rotatable bonds is 1. The Morgan fingerprint density at radius 3 is 3.00 bits per heavy atom. The molecule has 1 aliphatic carbocycles. The second kappa shape index (κ2) is 4.00. The number of methoxy groups -OCH3 is 1. The van der Waals surface area contributed by atoms with Crippen molar-refractivity contribution >= 4 is 5.69 Å². The van der Waals surface area contributed by atoms with Gasteiger partial charge in [0.1, 0.15) is 5.75 Å². The minimum Gasteiger partial charge on any atom is -0.497 e. The van der Waals surface area contributed by atoms with Crippen molar-refractivity contribution in [2.75, 3.05) is 12.4 Å². The van der Waals surface area contributed by atoms with Crippen molar-refractivity contribution in [2.24, 2.45) is 5.92 Å². The largest absolute Gasteiger partial charge is 0.497 e. The van der Waals surface area contributed by atoms with E-state index in [1.807, 2.05) is 0 Å². The van der Waals surface area contributed by atoms with Gasteiger partial charge in [-0.2, -0.15) is 0 Å². The van der Waals surface area contributed by atoms with Gasteiger partial charge in [-0.15, -0.1) is 0 Å². The highest BCUT2D eigenvalue weighted by Crippen LogP contribution is 2.37. The zero-order valence-corrected chi connectivity index (χ0v) is 9.83. The summed E-state index contributed by atoms with van der Waals surface area (Å²) in [5.41, 5.74) is 2.76. The van der Waals surface area contributed by atoms with E-state index in [4.69, 9.17) is 4.74 Å². The fraction of sp³-hybridized carbons (Fsp3) is 0.571. The van der Waals surface area contributed by atoms with Crippen LogP contribution in [0.15, 0.2) is 18.2 Å². The number of anilines is 1. The lowest BCUT2D eigenvalue weighted by Crippen LogP contribution is -2.37. The summed E-state index contributed by atoms with van der Waals surface area (Å²) in [6.45, 7) is 0. The van der Waals surface area contributed by atoms with E-state index in [2.05, 4.69) is 23.5 Å². The van der Waals surface area contributed by atoms with Gasteiger partial charge in [-0.3, -0.25) is 0 Å². The van der Waals surface area contributed by atoms with Crippen molar-refractivity contribution in [3.63, 3.8) is 0 Å². The first kappa shape index (κ1) is 10.0. The number of hydrogen-bond acceptors (Lipinski definition) is 2. The van der Waals surface area contributed by atoms with Crippen LogP contribution in [0.25, 0.3) is 0 Å². The van der Waals surface area contributed by atoms with Gasteiger partial charge in [0.15, 0.2) is 0 Å². The van der Waals surface area contributed by atoms with E-state index >= 15 is 0 Å². The maximum atomic E-state index is 5.29. The zero-order valence-electron chi connectivity index (χ0n) is 9.83. The molecule has 86 valence electrons. The summed E-state index contributed by atoms with van der Waals surface area (Å²) in [4.78, 5) is 0. The molecule has 0 aromatic heterocycles. The molecule has 3 rings (SSSR count). The molecule has 1 fully saturated rings. The molecular formula is C14H19NO. The predicted molar refractivity (Wildman–Crippen MR) is 66.1 cm³/mol. The lowest BCUT2D eigenvalue weighted by molar-refractivity contribution is 0.314. The summed E-state index contributed by atoms with van der Waals surface area (Å²) in [6, 6.07) is 7.12. The van der Waals surface area contributed by atoms with E-state index in [1.54, 1.807) is 7.11 Å². The fourth-order valence-electron chi connectivity index (χ4n) is 3.13. The van der Waals surface area contributed by atoms with Gasteiger partial charge >= 0.3 is 0 Å². The molecule has 1 N–H and O–H groups in total. The smallest absolute Gasteiger partial charge is 0.119 e. The summed E-state index contributed by atoms with van der Waals surface area (Å²) in [7, 11) is 1.74. The predicted octanol–water partition coefficient (Wildman–Crippen LogP) is 3.22. The van der Waals surface area contributed by atoms with Crippen molar-refractivity contribution in [3.05, 3.63) is 23.8 Å². The van der Waals surface area contributed by atoms with Crippen molar-refractivity contribution in [3.8, 4) is 5.75 Å². The van der Waals surface area contributed by atoms with Crippen LogP contribution >= 0.6 is 0 Å².